The van der Waals surface area contributed by atoms with Crippen molar-refractivity contribution < 1.29 is 24.5 Å². The standard InChI is InChI=1S/C54H99NO5/c1-4-7-10-13-16-19-22-25-26-27-28-29-31-34-37-40-43-46-52(57)51(49-56)55-53(58)48-50(45-42-39-36-33-30-23-20-17-14-11-8-5-2)60-54(59)47-44-41-38-35-32-24-21-18-15-12-9-6-3/h8,11,17-18,20-21,30,33,50-52,56-57H,4-7,9-10,12-16,19,22-29,31-32,34-49H2,1-3H3,(H,55,58)/b11-8+,20-17+,21-18-,33-30+. The highest BCUT2D eigenvalue weighted by molar-refractivity contribution is 5.77. The minimum atomic E-state index is -0.799. The van der Waals surface area contributed by atoms with E-state index in [4.69, 9.17) is 4.74 Å². The van der Waals surface area contributed by atoms with Gasteiger partial charge in [-0.25, -0.2) is 0 Å². The van der Waals surface area contributed by atoms with Gasteiger partial charge in [-0.05, 0) is 83.5 Å². The van der Waals surface area contributed by atoms with Crippen LogP contribution in [-0.4, -0.2) is 46.9 Å². The Hall–Kier alpha value is -2.18. The number of unbranched alkanes of at least 4 members (excludes halogenated alkanes) is 26. The first kappa shape index (κ1) is 57.8. The van der Waals surface area contributed by atoms with Gasteiger partial charge >= 0.3 is 5.97 Å². The molecule has 0 aromatic carbocycles. The smallest absolute Gasteiger partial charge is 0.306 e. The van der Waals surface area contributed by atoms with Gasteiger partial charge in [-0.1, -0.05) is 211 Å². The normalized spacial score (nSPS) is 13.6. The molecule has 0 aliphatic heterocycles. The van der Waals surface area contributed by atoms with Crippen molar-refractivity contribution in [3.63, 3.8) is 0 Å². The molecule has 0 radical (unpaired) electrons. The molecule has 0 saturated carbocycles. The molecule has 0 rings (SSSR count). The van der Waals surface area contributed by atoms with Crippen LogP contribution in [0.1, 0.15) is 258 Å². The molecule has 0 saturated heterocycles. The second kappa shape index (κ2) is 47.9. The second-order valence-corrected chi connectivity index (χ2v) is 17.5. The maximum absolute atomic E-state index is 13.2. The molecule has 0 fully saturated rings. The largest absolute Gasteiger partial charge is 0.462 e. The van der Waals surface area contributed by atoms with Gasteiger partial charge in [0.05, 0.1) is 25.2 Å². The van der Waals surface area contributed by atoms with Crippen molar-refractivity contribution in [3.8, 4) is 0 Å². The molecule has 3 atom stereocenters. The third-order valence-corrected chi connectivity index (χ3v) is 11.6. The summed E-state index contributed by atoms with van der Waals surface area (Å²) in [5.74, 6) is -0.519. The lowest BCUT2D eigenvalue weighted by molar-refractivity contribution is -0.151. The maximum atomic E-state index is 13.2. The summed E-state index contributed by atoms with van der Waals surface area (Å²) in [4.78, 5) is 26.1. The Balaban J connectivity index is 4.53. The van der Waals surface area contributed by atoms with Crippen molar-refractivity contribution in [2.75, 3.05) is 6.61 Å². The first-order valence-electron chi connectivity index (χ1n) is 25.9. The van der Waals surface area contributed by atoms with Gasteiger partial charge in [0.1, 0.15) is 6.10 Å². The van der Waals surface area contributed by atoms with Crippen LogP contribution < -0.4 is 5.32 Å². The van der Waals surface area contributed by atoms with Crippen LogP contribution in [0.3, 0.4) is 0 Å². The van der Waals surface area contributed by atoms with Crippen LogP contribution >= 0.6 is 0 Å². The molecule has 3 N–H and O–H groups in total. The summed E-state index contributed by atoms with van der Waals surface area (Å²) in [6, 6.07) is -0.715. The van der Waals surface area contributed by atoms with Crippen LogP contribution in [0.5, 0.6) is 0 Å². The summed E-state index contributed by atoms with van der Waals surface area (Å²) >= 11 is 0. The predicted octanol–water partition coefficient (Wildman–Crippen LogP) is 15.5. The fourth-order valence-corrected chi connectivity index (χ4v) is 7.73. The summed E-state index contributed by atoms with van der Waals surface area (Å²) in [7, 11) is 0. The number of ether oxygens (including phenoxy) is 1. The number of hydrogen-bond acceptors (Lipinski definition) is 5. The molecule has 350 valence electrons. The topological polar surface area (TPSA) is 95.9 Å². The molecule has 1 amide bonds. The van der Waals surface area contributed by atoms with E-state index in [0.29, 0.717) is 19.3 Å². The number of aliphatic hydroxyl groups is 2. The van der Waals surface area contributed by atoms with E-state index in [1.54, 1.807) is 0 Å². The summed E-state index contributed by atoms with van der Waals surface area (Å²) in [6.45, 7) is 6.34. The number of esters is 1. The number of rotatable bonds is 46. The molecule has 0 spiro atoms. The van der Waals surface area contributed by atoms with Gasteiger partial charge in [-0.15, -0.1) is 0 Å². The number of hydrogen-bond donors (Lipinski definition) is 3. The first-order valence-corrected chi connectivity index (χ1v) is 25.9. The molecule has 3 unspecified atom stereocenters. The number of amides is 1. The molecule has 6 heteroatoms. The molecular formula is C54H99NO5. The highest BCUT2D eigenvalue weighted by Crippen LogP contribution is 2.17. The number of aliphatic hydroxyl groups excluding tert-OH is 2. The Morgan fingerprint density at radius 2 is 0.900 bits per heavy atom. The monoisotopic (exact) mass is 842 g/mol. The minimum absolute atomic E-state index is 0.0488. The Morgan fingerprint density at radius 3 is 1.43 bits per heavy atom. The molecule has 0 aromatic rings. The SMILES string of the molecule is CC/C=C/C/C=C/C/C=C/CCCCC(CC(=O)NC(CO)C(O)CCCCCCCCCCCCCCCCCCC)OC(=O)CCCCCCC/C=C\CCCCC. The molecule has 0 heterocycles. The van der Waals surface area contributed by atoms with Crippen LogP contribution in [0.4, 0.5) is 0 Å². The Morgan fingerprint density at radius 1 is 0.500 bits per heavy atom. The van der Waals surface area contributed by atoms with Gasteiger partial charge in [0.25, 0.3) is 0 Å². The molecule has 0 aromatic heterocycles. The van der Waals surface area contributed by atoms with E-state index in [9.17, 15) is 19.8 Å². The summed E-state index contributed by atoms with van der Waals surface area (Å²) in [6.07, 6.45) is 57.5. The van der Waals surface area contributed by atoms with Gasteiger partial charge in [0.15, 0.2) is 0 Å². The van der Waals surface area contributed by atoms with Crippen LogP contribution in [-0.2, 0) is 14.3 Å². The highest BCUT2D eigenvalue weighted by Gasteiger charge is 2.24. The molecule has 0 aliphatic carbocycles. The lowest BCUT2D eigenvalue weighted by Crippen LogP contribution is -2.46. The quantitative estimate of drug-likeness (QED) is 0.0322. The zero-order valence-corrected chi connectivity index (χ0v) is 39.8. The number of allylic oxidation sites excluding steroid dienone is 8. The highest BCUT2D eigenvalue weighted by atomic mass is 16.5. The van der Waals surface area contributed by atoms with Crippen molar-refractivity contribution in [1.29, 1.82) is 0 Å². The van der Waals surface area contributed by atoms with Crippen molar-refractivity contribution in [3.05, 3.63) is 48.6 Å². The van der Waals surface area contributed by atoms with Gasteiger partial charge in [0, 0.05) is 6.42 Å². The van der Waals surface area contributed by atoms with Gasteiger partial charge in [0.2, 0.25) is 5.91 Å². The fraction of sp³-hybridized carbons (Fsp3) is 0.815. The Kier molecular flexibility index (Phi) is 46.1. The molecule has 0 aliphatic rings. The van der Waals surface area contributed by atoms with Crippen LogP contribution in [0.15, 0.2) is 48.6 Å². The maximum Gasteiger partial charge on any atom is 0.306 e. The van der Waals surface area contributed by atoms with E-state index in [-0.39, 0.29) is 24.9 Å². The van der Waals surface area contributed by atoms with E-state index in [0.717, 1.165) is 83.5 Å². The number of carbonyl (C=O) groups excluding carboxylic acids is 2. The Bertz CT molecular complexity index is 1040. The molecule has 60 heavy (non-hydrogen) atoms. The fourth-order valence-electron chi connectivity index (χ4n) is 7.73. The zero-order chi connectivity index (χ0) is 43.8. The minimum Gasteiger partial charge on any atom is -0.462 e. The number of nitrogens with one attached hydrogen (secondary N) is 1. The predicted molar refractivity (Wildman–Crippen MR) is 259 cm³/mol. The van der Waals surface area contributed by atoms with Crippen LogP contribution in [0.25, 0.3) is 0 Å². The van der Waals surface area contributed by atoms with Crippen molar-refractivity contribution in [2.24, 2.45) is 0 Å². The Labute approximate surface area is 372 Å². The third-order valence-electron chi connectivity index (χ3n) is 11.6. The number of carbonyl (C=O) groups is 2. The van der Waals surface area contributed by atoms with Gasteiger partial charge < -0.3 is 20.3 Å². The molecular weight excluding hydrogens is 743 g/mol. The van der Waals surface area contributed by atoms with Crippen molar-refractivity contribution in [2.45, 2.75) is 277 Å². The summed E-state index contributed by atoms with van der Waals surface area (Å²) in [5.41, 5.74) is 0. The second-order valence-electron chi connectivity index (χ2n) is 17.5. The lowest BCUT2D eigenvalue weighted by atomic mass is 10.0. The van der Waals surface area contributed by atoms with Gasteiger partial charge in [-0.2, -0.15) is 0 Å². The van der Waals surface area contributed by atoms with E-state index in [1.807, 2.05) is 0 Å². The van der Waals surface area contributed by atoms with E-state index in [2.05, 4.69) is 74.7 Å². The zero-order valence-electron chi connectivity index (χ0n) is 39.8. The van der Waals surface area contributed by atoms with Crippen molar-refractivity contribution in [1.82, 2.24) is 5.32 Å². The summed E-state index contributed by atoms with van der Waals surface area (Å²) in [5, 5.41) is 23.8. The average Bonchev–Trinajstić information content (AvgIpc) is 3.24. The molecule has 0 bridgehead atoms. The van der Waals surface area contributed by atoms with E-state index >= 15 is 0 Å². The van der Waals surface area contributed by atoms with E-state index in [1.165, 1.54) is 128 Å². The summed E-state index contributed by atoms with van der Waals surface area (Å²) < 4.78 is 5.90. The van der Waals surface area contributed by atoms with Crippen LogP contribution in [0.2, 0.25) is 0 Å². The average molecular weight is 842 g/mol. The van der Waals surface area contributed by atoms with E-state index < -0.39 is 18.2 Å². The molecule has 6 nitrogen and oxygen atoms in total. The first-order chi connectivity index (χ1) is 29.5. The third kappa shape index (κ3) is 42.5. The van der Waals surface area contributed by atoms with Crippen molar-refractivity contribution >= 4 is 11.9 Å². The van der Waals surface area contributed by atoms with Gasteiger partial charge in [-0.3, -0.25) is 9.59 Å². The van der Waals surface area contributed by atoms with Crippen LogP contribution in [0, 0.1) is 0 Å². The lowest BCUT2D eigenvalue weighted by Gasteiger charge is -2.24.